The zero-order valence-corrected chi connectivity index (χ0v) is 18.1. The first-order chi connectivity index (χ1) is 15.6. The third kappa shape index (κ3) is 4.42. The number of nitriles is 2. The quantitative estimate of drug-likeness (QED) is 0.397. The summed E-state index contributed by atoms with van der Waals surface area (Å²) in [7, 11) is 0. The maximum absolute atomic E-state index is 12.5. The monoisotopic (exact) mass is 441 g/mol. The van der Waals surface area contributed by atoms with Crippen molar-refractivity contribution in [1.29, 1.82) is 10.5 Å². The number of amides is 1. The van der Waals surface area contributed by atoms with Gasteiger partial charge in [-0.25, -0.2) is 4.98 Å². The molecule has 0 saturated heterocycles. The number of halogens is 1. The van der Waals surface area contributed by atoms with Gasteiger partial charge in [-0.05, 0) is 48.7 Å². The normalized spacial score (nSPS) is 10.7. The van der Waals surface area contributed by atoms with Crippen LogP contribution in [0.2, 0.25) is 5.02 Å². The highest BCUT2D eigenvalue weighted by molar-refractivity contribution is 6.31. The molecule has 0 aliphatic heterocycles. The van der Waals surface area contributed by atoms with E-state index in [9.17, 15) is 4.79 Å². The van der Waals surface area contributed by atoms with Crippen LogP contribution in [0.25, 0.3) is 33.2 Å². The molecule has 0 radical (unpaired) electrons. The van der Waals surface area contributed by atoms with Gasteiger partial charge in [-0.2, -0.15) is 10.5 Å². The van der Waals surface area contributed by atoms with E-state index < -0.39 is 0 Å². The van der Waals surface area contributed by atoms with Crippen LogP contribution in [0.3, 0.4) is 0 Å². The number of aromatic amines is 1. The number of pyridine rings is 1. The molecule has 0 spiro atoms. The second-order valence-electron chi connectivity index (χ2n) is 7.48. The molecule has 0 aliphatic carbocycles. The second kappa shape index (κ2) is 9.51. The Kier molecular flexibility index (Phi) is 6.35. The van der Waals surface area contributed by atoms with E-state index in [4.69, 9.17) is 27.1 Å². The molecule has 0 aliphatic rings. The number of H-pyrrole nitrogens is 1. The molecule has 0 fully saturated rings. The maximum Gasteiger partial charge on any atom is 0.224 e. The number of aromatic nitrogens is 2. The smallest absolute Gasteiger partial charge is 0.224 e. The van der Waals surface area contributed by atoms with E-state index in [2.05, 4.69) is 4.98 Å². The molecule has 1 amide bonds. The van der Waals surface area contributed by atoms with Gasteiger partial charge < -0.3 is 9.88 Å². The van der Waals surface area contributed by atoms with E-state index in [-0.39, 0.29) is 25.4 Å². The van der Waals surface area contributed by atoms with Crippen LogP contribution in [0.5, 0.6) is 0 Å². The molecule has 4 aromatic rings. The molecule has 0 saturated carbocycles. The molecule has 7 heteroatoms. The number of fused-ring (bicyclic) bond motifs is 2. The minimum atomic E-state index is -0.198. The standard InChI is InChI=1S/C25H20ClN5O/c26-18-9-11-22-20(16-18)19(5-3-7-24(32)31(14-12-27)15-13-28)25(30-22)23-10-8-17-4-1-2-6-21(17)29-23/h1-2,4,6,8-11,16,30H,3,5,7,14-15H2. The SMILES string of the molecule is N#CCN(CC#N)C(=O)CCCc1c(-c2ccc3ccccc3n2)[nH]c2ccc(Cl)cc12. The number of nitrogens with one attached hydrogen (secondary N) is 1. The van der Waals surface area contributed by atoms with Gasteiger partial charge in [0.15, 0.2) is 0 Å². The number of aryl methyl sites for hydroxylation is 1. The van der Waals surface area contributed by atoms with Gasteiger partial charge in [-0.15, -0.1) is 0 Å². The van der Waals surface area contributed by atoms with Crippen molar-refractivity contribution in [3.63, 3.8) is 0 Å². The fourth-order valence-corrected chi connectivity index (χ4v) is 4.05. The van der Waals surface area contributed by atoms with Crippen molar-refractivity contribution in [2.75, 3.05) is 13.1 Å². The number of benzene rings is 2. The number of rotatable bonds is 7. The van der Waals surface area contributed by atoms with Gasteiger partial charge >= 0.3 is 0 Å². The number of hydrogen-bond donors (Lipinski definition) is 1. The van der Waals surface area contributed by atoms with Gasteiger partial charge in [-0.3, -0.25) is 4.79 Å². The van der Waals surface area contributed by atoms with Crippen molar-refractivity contribution < 1.29 is 4.79 Å². The highest BCUT2D eigenvalue weighted by atomic mass is 35.5. The van der Waals surface area contributed by atoms with Crippen molar-refractivity contribution in [1.82, 2.24) is 14.9 Å². The Labute approximate surface area is 190 Å². The molecular weight excluding hydrogens is 422 g/mol. The average molecular weight is 442 g/mol. The molecule has 2 aromatic heterocycles. The minimum Gasteiger partial charge on any atom is -0.353 e. The fraction of sp³-hybridized carbons (Fsp3) is 0.200. The lowest BCUT2D eigenvalue weighted by molar-refractivity contribution is -0.130. The molecule has 4 rings (SSSR count). The molecule has 0 unspecified atom stereocenters. The summed E-state index contributed by atoms with van der Waals surface area (Å²) < 4.78 is 0. The Morgan fingerprint density at radius 3 is 2.62 bits per heavy atom. The van der Waals surface area contributed by atoms with E-state index in [1.807, 2.05) is 66.7 Å². The summed E-state index contributed by atoms with van der Waals surface area (Å²) in [6, 6.07) is 21.6. The predicted octanol–water partition coefficient (Wildman–Crippen LogP) is 5.23. The van der Waals surface area contributed by atoms with Crippen LogP contribution in [0.15, 0.2) is 54.6 Å². The Bertz CT molecular complexity index is 1360. The Balaban J connectivity index is 1.65. The summed E-state index contributed by atoms with van der Waals surface area (Å²) in [6.45, 7) is -0.164. The molecule has 1 N–H and O–H groups in total. The zero-order chi connectivity index (χ0) is 22.5. The van der Waals surface area contributed by atoms with E-state index in [1.165, 1.54) is 4.90 Å². The van der Waals surface area contributed by atoms with Crippen LogP contribution in [-0.2, 0) is 11.2 Å². The van der Waals surface area contributed by atoms with Gasteiger partial charge in [-0.1, -0.05) is 35.9 Å². The van der Waals surface area contributed by atoms with Gasteiger partial charge in [0.1, 0.15) is 13.1 Å². The van der Waals surface area contributed by atoms with Crippen molar-refractivity contribution in [3.05, 3.63) is 65.2 Å². The number of carbonyl (C=O) groups excluding carboxylic acids is 1. The summed E-state index contributed by atoms with van der Waals surface area (Å²) in [5, 5.41) is 20.5. The Hall–Kier alpha value is -3.87. The van der Waals surface area contributed by atoms with Crippen LogP contribution in [0.4, 0.5) is 0 Å². The molecule has 2 aromatic carbocycles. The van der Waals surface area contributed by atoms with Crippen molar-refractivity contribution in [2.24, 2.45) is 0 Å². The van der Waals surface area contributed by atoms with Gasteiger partial charge in [0, 0.05) is 27.7 Å². The molecule has 6 nitrogen and oxygen atoms in total. The highest BCUT2D eigenvalue weighted by Gasteiger charge is 2.17. The maximum atomic E-state index is 12.5. The molecule has 158 valence electrons. The summed E-state index contributed by atoms with van der Waals surface area (Å²) in [6.07, 6.45) is 1.45. The molecule has 0 bridgehead atoms. The zero-order valence-electron chi connectivity index (χ0n) is 17.3. The molecule has 32 heavy (non-hydrogen) atoms. The summed E-state index contributed by atoms with van der Waals surface area (Å²) in [5.41, 5.74) is 4.65. The van der Waals surface area contributed by atoms with Crippen LogP contribution >= 0.6 is 11.6 Å². The van der Waals surface area contributed by atoms with Crippen LogP contribution < -0.4 is 0 Å². The second-order valence-corrected chi connectivity index (χ2v) is 7.91. The summed E-state index contributed by atoms with van der Waals surface area (Å²) >= 11 is 6.27. The largest absolute Gasteiger partial charge is 0.353 e. The summed E-state index contributed by atoms with van der Waals surface area (Å²) in [4.78, 5) is 22.0. The number of carbonyl (C=O) groups is 1. The number of para-hydroxylation sites is 1. The van der Waals surface area contributed by atoms with Gasteiger partial charge in [0.2, 0.25) is 5.91 Å². The molecule has 2 heterocycles. The fourth-order valence-electron chi connectivity index (χ4n) is 3.88. The Morgan fingerprint density at radius 1 is 1.06 bits per heavy atom. The molecule has 0 atom stereocenters. The van der Waals surface area contributed by atoms with Crippen molar-refractivity contribution >= 4 is 39.3 Å². The van der Waals surface area contributed by atoms with Crippen LogP contribution in [0.1, 0.15) is 18.4 Å². The van der Waals surface area contributed by atoms with E-state index in [0.717, 1.165) is 38.8 Å². The van der Waals surface area contributed by atoms with Crippen LogP contribution in [0, 0.1) is 22.7 Å². The lowest BCUT2D eigenvalue weighted by Crippen LogP contribution is -2.31. The van der Waals surface area contributed by atoms with E-state index in [1.54, 1.807) is 0 Å². The number of hydrogen-bond acceptors (Lipinski definition) is 4. The first-order valence-corrected chi connectivity index (χ1v) is 10.7. The predicted molar refractivity (Wildman–Crippen MR) is 125 cm³/mol. The first kappa shape index (κ1) is 21.4. The topological polar surface area (TPSA) is 96.6 Å². The van der Waals surface area contributed by atoms with Gasteiger partial charge in [0.05, 0.1) is 29.0 Å². The summed E-state index contributed by atoms with van der Waals surface area (Å²) in [5.74, 6) is -0.198. The van der Waals surface area contributed by atoms with Crippen molar-refractivity contribution in [2.45, 2.75) is 19.3 Å². The third-order valence-corrected chi connectivity index (χ3v) is 5.65. The highest BCUT2D eigenvalue weighted by Crippen LogP contribution is 2.33. The lowest BCUT2D eigenvalue weighted by atomic mass is 10.0. The van der Waals surface area contributed by atoms with Gasteiger partial charge in [0.25, 0.3) is 0 Å². The first-order valence-electron chi connectivity index (χ1n) is 10.3. The van der Waals surface area contributed by atoms with E-state index in [0.29, 0.717) is 17.9 Å². The molecular formula is C25H20ClN5O. The Morgan fingerprint density at radius 2 is 1.84 bits per heavy atom. The van der Waals surface area contributed by atoms with Crippen LogP contribution in [-0.4, -0.2) is 33.9 Å². The average Bonchev–Trinajstić information content (AvgIpc) is 3.16. The van der Waals surface area contributed by atoms with E-state index >= 15 is 0 Å². The van der Waals surface area contributed by atoms with Crippen molar-refractivity contribution in [3.8, 4) is 23.5 Å². The lowest BCUT2D eigenvalue weighted by Gasteiger charge is -2.15. The minimum absolute atomic E-state index is 0.0820. The number of nitrogens with zero attached hydrogens (tertiary/aromatic N) is 4. The third-order valence-electron chi connectivity index (χ3n) is 5.42.